The molecule has 0 radical (unpaired) electrons. The number of nitriles is 1. The Morgan fingerprint density at radius 1 is 1.06 bits per heavy atom. The van der Waals surface area contributed by atoms with Crippen LogP contribution < -0.4 is 15.8 Å². The van der Waals surface area contributed by atoms with Crippen molar-refractivity contribution in [1.29, 1.82) is 5.26 Å². The van der Waals surface area contributed by atoms with E-state index in [-0.39, 0.29) is 17.3 Å². The third-order valence-corrected chi connectivity index (χ3v) is 4.95. The number of hydrogen-bond donors (Lipinski definition) is 2. The average Bonchev–Trinajstić information content (AvgIpc) is 2.76. The normalized spacial score (nSPS) is 18.5. The molecule has 3 N–H and O–H groups in total. The fraction of sp³-hybridized carbons (Fsp3) is 0.174. The molecule has 174 valence electrons. The molecule has 1 aromatic heterocycles. The maximum absolute atomic E-state index is 14.8. The first kappa shape index (κ1) is 23.0. The molecule has 0 saturated carbocycles. The Hall–Kier alpha value is -4.20. The number of allylic oxidation sites excluding steroid dienone is 1. The summed E-state index contributed by atoms with van der Waals surface area (Å²) in [5.74, 6) is -9.83. The van der Waals surface area contributed by atoms with Crippen LogP contribution in [0.2, 0.25) is 0 Å². The van der Waals surface area contributed by atoms with Gasteiger partial charge < -0.3 is 15.8 Å². The minimum absolute atomic E-state index is 0.0713. The van der Waals surface area contributed by atoms with Crippen LogP contribution in [0.5, 0.6) is 5.88 Å². The molecule has 0 spiro atoms. The molecule has 0 fully saturated rings. The third-order valence-electron chi connectivity index (χ3n) is 4.95. The van der Waals surface area contributed by atoms with Gasteiger partial charge in [0, 0.05) is 18.2 Å². The van der Waals surface area contributed by atoms with Gasteiger partial charge in [0.2, 0.25) is 17.9 Å². The molecule has 3 aromatic rings. The number of aromatic nitrogens is 2. The van der Waals surface area contributed by atoms with Gasteiger partial charge in [-0.3, -0.25) is 0 Å². The lowest BCUT2D eigenvalue weighted by Crippen LogP contribution is -2.53. The van der Waals surface area contributed by atoms with Gasteiger partial charge in [0.05, 0.1) is 11.6 Å². The molecule has 1 aliphatic rings. The van der Waals surface area contributed by atoms with Gasteiger partial charge in [-0.1, -0.05) is 12.1 Å². The van der Waals surface area contributed by atoms with Crippen LogP contribution in [0.15, 0.2) is 60.7 Å². The van der Waals surface area contributed by atoms with Crippen molar-refractivity contribution in [2.24, 2.45) is 0 Å². The van der Waals surface area contributed by atoms with E-state index >= 15 is 0 Å². The van der Waals surface area contributed by atoms with Gasteiger partial charge in [-0.2, -0.15) is 24.0 Å². The zero-order valence-electron chi connectivity index (χ0n) is 17.3. The highest BCUT2D eigenvalue weighted by Crippen LogP contribution is 2.46. The summed E-state index contributed by atoms with van der Waals surface area (Å²) in [4.78, 5) is 7.74. The van der Waals surface area contributed by atoms with Crippen molar-refractivity contribution in [1.82, 2.24) is 9.97 Å². The Bertz CT molecular complexity index is 1290. The molecule has 4 rings (SSSR count). The van der Waals surface area contributed by atoms with Crippen LogP contribution in [0.3, 0.4) is 0 Å². The lowest BCUT2D eigenvalue weighted by molar-refractivity contribution is -0.184. The second-order valence-corrected chi connectivity index (χ2v) is 7.56. The van der Waals surface area contributed by atoms with Gasteiger partial charge in [-0.15, -0.1) is 0 Å². The highest BCUT2D eigenvalue weighted by molar-refractivity contribution is 5.69. The predicted octanol–water partition coefficient (Wildman–Crippen LogP) is 5.32. The molecule has 0 bridgehead atoms. The van der Waals surface area contributed by atoms with Crippen LogP contribution in [-0.4, -0.2) is 27.9 Å². The molecule has 0 aliphatic heterocycles. The van der Waals surface area contributed by atoms with Gasteiger partial charge in [0.15, 0.2) is 0 Å². The Morgan fingerprint density at radius 2 is 1.79 bits per heavy atom. The Kier molecular flexibility index (Phi) is 5.83. The monoisotopic (exact) mass is 473 g/mol. The highest BCUT2D eigenvalue weighted by Gasteiger charge is 2.59. The number of alkyl halides is 4. The highest BCUT2D eigenvalue weighted by atomic mass is 19.3. The first-order valence-electron chi connectivity index (χ1n) is 9.87. The standard InChI is InChI=1S/C23H16F5N5O/c24-16-3-1-2-14(8-16)15-10-22(25,26)20(23(27,28)11-15)34-19-9-18(30)32-21(33-19)31-17-6-4-13(12-29)5-7-17/h1-10,20H,11H2,(H3,30,31,32,33). The summed E-state index contributed by atoms with van der Waals surface area (Å²) in [6, 6.07) is 13.5. The van der Waals surface area contributed by atoms with Crippen molar-refractivity contribution >= 4 is 23.0 Å². The minimum Gasteiger partial charge on any atom is -0.461 e. The van der Waals surface area contributed by atoms with Crippen molar-refractivity contribution < 1.29 is 26.7 Å². The van der Waals surface area contributed by atoms with E-state index in [0.717, 1.165) is 18.2 Å². The van der Waals surface area contributed by atoms with Gasteiger partial charge >= 0.3 is 5.92 Å². The van der Waals surface area contributed by atoms with E-state index in [1.807, 2.05) is 6.07 Å². The smallest absolute Gasteiger partial charge is 0.309 e. The van der Waals surface area contributed by atoms with Crippen molar-refractivity contribution in [3.05, 3.63) is 77.6 Å². The number of rotatable bonds is 5. The van der Waals surface area contributed by atoms with E-state index in [9.17, 15) is 22.0 Å². The summed E-state index contributed by atoms with van der Waals surface area (Å²) in [5.41, 5.74) is 6.04. The van der Waals surface area contributed by atoms with Gasteiger partial charge in [0.25, 0.3) is 5.92 Å². The predicted molar refractivity (Wildman–Crippen MR) is 114 cm³/mol. The first-order valence-corrected chi connectivity index (χ1v) is 9.87. The zero-order valence-corrected chi connectivity index (χ0v) is 17.3. The minimum atomic E-state index is -4.11. The number of nitrogens with two attached hydrogens (primary N) is 1. The molecule has 2 aromatic carbocycles. The second kappa shape index (κ2) is 8.62. The Balaban J connectivity index is 1.60. The molecular weight excluding hydrogens is 457 g/mol. The number of hydrogen-bond acceptors (Lipinski definition) is 6. The third kappa shape index (κ3) is 4.91. The summed E-state index contributed by atoms with van der Waals surface area (Å²) >= 11 is 0. The van der Waals surface area contributed by atoms with E-state index in [0.29, 0.717) is 17.3 Å². The molecule has 0 saturated heterocycles. The van der Waals surface area contributed by atoms with Crippen LogP contribution in [0.25, 0.3) is 5.57 Å². The fourth-order valence-corrected chi connectivity index (χ4v) is 3.46. The Morgan fingerprint density at radius 3 is 2.44 bits per heavy atom. The molecule has 1 aliphatic carbocycles. The number of nitrogens with one attached hydrogen (secondary N) is 1. The number of nitrogens with zero attached hydrogens (tertiary/aromatic N) is 3. The van der Waals surface area contributed by atoms with Crippen LogP contribution in [0, 0.1) is 17.1 Å². The zero-order chi connectivity index (χ0) is 24.5. The molecule has 1 unspecified atom stereocenters. The molecule has 34 heavy (non-hydrogen) atoms. The average molecular weight is 473 g/mol. The van der Waals surface area contributed by atoms with E-state index in [1.165, 1.54) is 36.4 Å². The van der Waals surface area contributed by atoms with Crippen molar-refractivity contribution in [2.75, 3.05) is 11.1 Å². The summed E-state index contributed by atoms with van der Waals surface area (Å²) in [5, 5.41) is 11.6. The molecule has 0 amide bonds. The van der Waals surface area contributed by atoms with Crippen molar-refractivity contribution in [2.45, 2.75) is 24.4 Å². The molecule has 1 heterocycles. The van der Waals surface area contributed by atoms with Crippen molar-refractivity contribution in [3.63, 3.8) is 0 Å². The summed E-state index contributed by atoms with van der Waals surface area (Å²) < 4.78 is 77.8. The number of anilines is 3. The Labute approximate surface area is 190 Å². The lowest BCUT2D eigenvalue weighted by Gasteiger charge is -2.36. The molecular formula is C23H16F5N5O. The SMILES string of the molecule is N#Cc1ccc(Nc2nc(N)cc(OC3C(F)(F)C=C(c4cccc(F)c4)CC3(F)F)n2)cc1. The summed E-state index contributed by atoms with van der Waals surface area (Å²) in [7, 11) is 0. The van der Waals surface area contributed by atoms with Gasteiger partial charge in [-0.05, 0) is 53.6 Å². The fourth-order valence-electron chi connectivity index (χ4n) is 3.46. The van der Waals surface area contributed by atoms with Crippen molar-refractivity contribution in [3.8, 4) is 11.9 Å². The molecule has 6 nitrogen and oxygen atoms in total. The molecule has 11 heteroatoms. The molecule has 1 atom stereocenters. The maximum Gasteiger partial charge on any atom is 0.309 e. The van der Waals surface area contributed by atoms with E-state index in [1.54, 1.807) is 0 Å². The van der Waals surface area contributed by atoms with Crippen LogP contribution in [0.1, 0.15) is 17.5 Å². The number of ether oxygens (including phenoxy) is 1. The maximum atomic E-state index is 14.8. The number of benzene rings is 2. The number of nitrogen functional groups attached to an aromatic ring is 1. The topological polar surface area (TPSA) is 96.9 Å². The van der Waals surface area contributed by atoms with E-state index < -0.39 is 41.6 Å². The summed E-state index contributed by atoms with van der Waals surface area (Å²) in [6.07, 6.45) is -3.62. The van der Waals surface area contributed by atoms with Crippen LogP contribution in [-0.2, 0) is 0 Å². The largest absolute Gasteiger partial charge is 0.461 e. The van der Waals surface area contributed by atoms with E-state index in [2.05, 4.69) is 15.3 Å². The van der Waals surface area contributed by atoms with Gasteiger partial charge in [-0.25, -0.2) is 13.2 Å². The number of halogens is 5. The van der Waals surface area contributed by atoms with E-state index in [4.69, 9.17) is 15.7 Å². The lowest BCUT2D eigenvalue weighted by atomic mass is 9.86. The van der Waals surface area contributed by atoms with Crippen LogP contribution >= 0.6 is 0 Å². The summed E-state index contributed by atoms with van der Waals surface area (Å²) in [6.45, 7) is 0. The first-order chi connectivity index (χ1) is 16.1. The quantitative estimate of drug-likeness (QED) is 0.487. The van der Waals surface area contributed by atoms with Crippen LogP contribution in [0.4, 0.5) is 39.4 Å². The second-order valence-electron chi connectivity index (χ2n) is 7.56. The van der Waals surface area contributed by atoms with Gasteiger partial charge in [0.1, 0.15) is 11.6 Å².